The van der Waals surface area contributed by atoms with E-state index in [1.54, 1.807) is 0 Å². The predicted molar refractivity (Wildman–Crippen MR) is 146 cm³/mol. The van der Waals surface area contributed by atoms with E-state index in [2.05, 4.69) is 36.6 Å². The van der Waals surface area contributed by atoms with E-state index in [9.17, 15) is 14.4 Å². The Morgan fingerprint density at radius 2 is 1.73 bits per heavy atom. The molecule has 0 spiro atoms. The minimum absolute atomic E-state index is 0.0209. The lowest BCUT2D eigenvalue weighted by molar-refractivity contribution is -0.141. The van der Waals surface area contributed by atoms with E-state index >= 15 is 0 Å². The Morgan fingerprint density at radius 3 is 2.30 bits per heavy atom. The number of ether oxygens (including phenoxy) is 1. The fourth-order valence-electron chi connectivity index (χ4n) is 5.66. The van der Waals surface area contributed by atoms with Gasteiger partial charge in [0.25, 0.3) is 0 Å². The Balaban J connectivity index is 1.58. The highest BCUT2D eigenvalue weighted by Crippen LogP contribution is 2.42. The summed E-state index contributed by atoms with van der Waals surface area (Å²) in [6.45, 7) is 15.1. The Labute approximate surface area is 227 Å². The predicted octanol–water partition coefficient (Wildman–Crippen LogP) is 5.52. The van der Waals surface area contributed by atoms with Crippen molar-refractivity contribution in [2.45, 2.75) is 97.8 Å². The van der Waals surface area contributed by atoms with Crippen LogP contribution in [0.2, 0.25) is 5.02 Å². The molecule has 1 heterocycles. The van der Waals surface area contributed by atoms with Crippen LogP contribution in [0.5, 0.6) is 0 Å². The normalized spacial score (nSPS) is 24.5. The van der Waals surface area contributed by atoms with Crippen molar-refractivity contribution in [3.05, 3.63) is 34.9 Å². The zero-order chi connectivity index (χ0) is 27.5. The molecule has 0 radical (unpaired) electrons. The van der Waals surface area contributed by atoms with Gasteiger partial charge in [-0.15, -0.1) is 0 Å². The van der Waals surface area contributed by atoms with Gasteiger partial charge in [0.2, 0.25) is 11.8 Å². The van der Waals surface area contributed by atoms with Crippen LogP contribution in [0.3, 0.4) is 0 Å². The van der Waals surface area contributed by atoms with Crippen molar-refractivity contribution in [2.24, 2.45) is 17.3 Å². The third kappa shape index (κ3) is 7.86. The van der Waals surface area contributed by atoms with Crippen molar-refractivity contribution in [1.82, 2.24) is 15.5 Å². The number of piperidine rings is 1. The zero-order valence-corrected chi connectivity index (χ0v) is 24.2. The van der Waals surface area contributed by atoms with Crippen LogP contribution < -0.4 is 10.6 Å². The van der Waals surface area contributed by atoms with Gasteiger partial charge < -0.3 is 20.3 Å². The van der Waals surface area contributed by atoms with Crippen LogP contribution in [0.1, 0.15) is 85.6 Å². The van der Waals surface area contributed by atoms with Crippen LogP contribution in [-0.2, 0) is 14.3 Å². The number of amides is 3. The molecule has 1 aromatic rings. The molecule has 1 saturated carbocycles. The van der Waals surface area contributed by atoms with E-state index in [0.717, 1.165) is 11.4 Å². The van der Waals surface area contributed by atoms with Crippen molar-refractivity contribution < 1.29 is 19.1 Å². The maximum atomic E-state index is 13.6. The molecule has 0 bridgehead atoms. The molecular formula is C29H44ClN3O4. The van der Waals surface area contributed by atoms with Crippen LogP contribution in [0.25, 0.3) is 0 Å². The first-order valence-electron chi connectivity index (χ1n) is 13.5. The molecule has 4 atom stereocenters. The second-order valence-electron chi connectivity index (χ2n) is 12.7. The lowest BCUT2D eigenvalue weighted by Gasteiger charge is -2.46. The van der Waals surface area contributed by atoms with E-state index in [1.165, 1.54) is 5.56 Å². The largest absolute Gasteiger partial charge is 0.444 e. The van der Waals surface area contributed by atoms with Crippen molar-refractivity contribution in [2.75, 3.05) is 13.1 Å². The smallest absolute Gasteiger partial charge is 0.407 e. The topological polar surface area (TPSA) is 87.7 Å². The first kappa shape index (κ1) is 29.3. The van der Waals surface area contributed by atoms with E-state index in [4.69, 9.17) is 16.3 Å². The van der Waals surface area contributed by atoms with Gasteiger partial charge in [0, 0.05) is 30.1 Å². The molecule has 7 nitrogen and oxygen atoms in total. The van der Waals surface area contributed by atoms with Gasteiger partial charge in [-0.25, -0.2) is 4.79 Å². The molecule has 1 unspecified atom stereocenters. The fourth-order valence-corrected chi connectivity index (χ4v) is 5.79. The molecule has 2 aliphatic rings. The molecule has 1 saturated heterocycles. The number of rotatable bonds is 6. The maximum Gasteiger partial charge on any atom is 0.407 e. The molecule has 3 amide bonds. The van der Waals surface area contributed by atoms with Gasteiger partial charge in [0.1, 0.15) is 11.6 Å². The molecule has 0 aromatic heterocycles. The summed E-state index contributed by atoms with van der Waals surface area (Å²) < 4.78 is 5.34. The average molecular weight is 534 g/mol. The number of alkyl carbamates (subject to hydrolysis) is 1. The number of carbonyl (C=O) groups excluding carboxylic acids is 3. The summed E-state index contributed by atoms with van der Waals surface area (Å²) in [6.07, 6.45) is 2.33. The van der Waals surface area contributed by atoms with Crippen LogP contribution >= 0.6 is 11.6 Å². The number of halogens is 1. The van der Waals surface area contributed by atoms with Gasteiger partial charge in [0.15, 0.2) is 0 Å². The van der Waals surface area contributed by atoms with Crippen molar-refractivity contribution in [1.29, 1.82) is 0 Å². The van der Waals surface area contributed by atoms with Gasteiger partial charge in [-0.05, 0) is 81.4 Å². The number of carbonyl (C=O) groups is 3. The lowest BCUT2D eigenvalue weighted by Crippen LogP contribution is -2.56. The molecule has 1 aliphatic heterocycles. The Morgan fingerprint density at radius 1 is 1.08 bits per heavy atom. The summed E-state index contributed by atoms with van der Waals surface area (Å²) >= 11 is 6.08. The maximum absolute atomic E-state index is 13.6. The molecule has 1 aliphatic carbocycles. The zero-order valence-electron chi connectivity index (χ0n) is 23.4. The van der Waals surface area contributed by atoms with E-state index in [0.29, 0.717) is 38.3 Å². The van der Waals surface area contributed by atoms with Crippen molar-refractivity contribution >= 4 is 29.5 Å². The van der Waals surface area contributed by atoms with Crippen molar-refractivity contribution in [3.8, 4) is 0 Å². The average Bonchev–Trinajstić information content (AvgIpc) is 3.24. The van der Waals surface area contributed by atoms with Crippen LogP contribution in [-0.4, -0.2) is 53.6 Å². The fraction of sp³-hybridized carbons (Fsp3) is 0.690. The van der Waals surface area contributed by atoms with Crippen molar-refractivity contribution in [3.63, 3.8) is 0 Å². The SMILES string of the molecule is CC(C)[C@@H](NC(=O)[C@@H]1CC[C@@H](NC(=O)OC(C)(C)C)C1)C(=O)N1CCC(c2ccc(Cl)cc2)C(C)(C)C1. The molecule has 8 heteroatoms. The monoisotopic (exact) mass is 533 g/mol. The molecular weight excluding hydrogens is 490 g/mol. The number of hydrogen-bond donors (Lipinski definition) is 2. The molecule has 1 aromatic carbocycles. The van der Waals surface area contributed by atoms with E-state index in [-0.39, 0.29) is 35.1 Å². The molecule has 2 N–H and O–H groups in total. The second kappa shape index (κ2) is 11.6. The first-order valence-corrected chi connectivity index (χ1v) is 13.9. The highest BCUT2D eigenvalue weighted by molar-refractivity contribution is 6.30. The molecule has 2 fully saturated rings. The second-order valence-corrected chi connectivity index (χ2v) is 13.2. The highest BCUT2D eigenvalue weighted by Gasteiger charge is 2.41. The van der Waals surface area contributed by atoms with E-state index in [1.807, 2.05) is 51.7 Å². The summed E-state index contributed by atoms with van der Waals surface area (Å²) in [4.78, 5) is 40.8. The molecule has 37 heavy (non-hydrogen) atoms. The summed E-state index contributed by atoms with van der Waals surface area (Å²) in [6, 6.07) is 7.32. The number of nitrogens with one attached hydrogen (secondary N) is 2. The number of likely N-dealkylation sites (tertiary alicyclic amines) is 1. The molecule has 206 valence electrons. The first-order chi connectivity index (χ1) is 17.2. The molecule has 3 rings (SSSR count). The third-order valence-electron chi connectivity index (χ3n) is 7.57. The number of benzene rings is 1. The standard InChI is InChI=1S/C29H44ClN3O4/c1-18(2)24(32-25(34)20-10-13-22(16-20)31-27(36)37-28(3,4)5)26(35)33-15-14-23(29(6,7)17-33)19-8-11-21(30)12-9-19/h8-9,11-12,18,20,22-24H,10,13-17H2,1-7H3,(H,31,36)(H,32,34)/t20-,22-,23?,24-/m1/s1. The number of hydrogen-bond acceptors (Lipinski definition) is 4. The number of nitrogens with zero attached hydrogens (tertiary/aromatic N) is 1. The Kier molecular flexibility index (Phi) is 9.20. The third-order valence-corrected chi connectivity index (χ3v) is 7.82. The Bertz CT molecular complexity index is 970. The van der Waals surface area contributed by atoms with Gasteiger partial charge in [-0.2, -0.15) is 0 Å². The van der Waals surface area contributed by atoms with E-state index < -0.39 is 17.7 Å². The summed E-state index contributed by atoms with van der Waals surface area (Å²) in [7, 11) is 0. The Hall–Kier alpha value is -2.28. The van der Waals surface area contributed by atoms with Crippen LogP contribution in [0.15, 0.2) is 24.3 Å². The van der Waals surface area contributed by atoms with Crippen LogP contribution in [0.4, 0.5) is 4.79 Å². The quantitative estimate of drug-likeness (QED) is 0.504. The lowest BCUT2D eigenvalue weighted by atomic mass is 9.70. The minimum Gasteiger partial charge on any atom is -0.444 e. The highest BCUT2D eigenvalue weighted by atomic mass is 35.5. The van der Waals surface area contributed by atoms with Gasteiger partial charge in [-0.3, -0.25) is 9.59 Å². The van der Waals surface area contributed by atoms with Crippen LogP contribution in [0, 0.1) is 17.3 Å². The van der Waals surface area contributed by atoms with Gasteiger partial charge in [-0.1, -0.05) is 51.4 Å². The van der Waals surface area contributed by atoms with Gasteiger partial charge in [0.05, 0.1) is 0 Å². The summed E-state index contributed by atoms with van der Waals surface area (Å²) in [5, 5.41) is 6.65. The van der Waals surface area contributed by atoms with Gasteiger partial charge >= 0.3 is 6.09 Å². The summed E-state index contributed by atoms with van der Waals surface area (Å²) in [5.74, 6) is -0.0798. The summed E-state index contributed by atoms with van der Waals surface area (Å²) in [5.41, 5.74) is 0.563. The minimum atomic E-state index is -0.576.